The van der Waals surface area contributed by atoms with Crippen molar-refractivity contribution in [3.63, 3.8) is 0 Å². The number of nitriles is 1. The van der Waals surface area contributed by atoms with Gasteiger partial charge in [-0.05, 0) is 40.6 Å². The molecule has 0 atom stereocenters. The third kappa shape index (κ3) is 2.18. The van der Waals surface area contributed by atoms with Crippen LogP contribution in [0.1, 0.15) is 23.1 Å². The summed E-state index contributed by atoms with van der Waals surface area (Å²) in [7, 11) is 0. The molecule has 0 amide bonds. The Kier molecular flexibility index (Phi) is 3.75. The van der Waals surface area contributed by atoms with E-state index >= 15 is 0 Å². The molecule has 0 N–H and O–H groups in total. The van der Waals surface area contributed by atoms with Crippen molar-refractivity contribution in [2.24, 2.45) is 0 Å². The molecule has 1 rings (SSSR count). The number of aromatic nitrogens is 1. The lowest BCUT2D eigenvalue weighted by Crippen LogP contribution is -2.01. The molecular formula is C9H7F2IN2. The van der Waals surface area contributed by atoms with Gasteiger partial charge in [-0.25, -0.2) is 13.8 Å². The predicted molar refractivity (Wildman–Crippen MR) is 56.0 cm³/mol. The Hall–Kier alpha value is -0.770. The van der Waals surface area contributed by atoms with Crippen molar-refractivity contribution < 1.29 is 8.78 Å². The quantitative estimate of drug-likeness (QED) is 0.622. The predicted octanol–water partition coefficient (Wildman–Crippen LogP) is 3.00. The van der Waals surface area contributed by atoms with Crippen LogP contribution in [-0.4, -0.2) is 4.98 Å². The average molecular weight is 308 g/mol. The minimum absolute atomic E-state index is 0.0571. The summed E-state index contributed by atoms with van der Waals surface area (Å²) in [6.07, 6.45) is -0.935. The standard InChI is InChI=1S/C9H7F2IN2/c1-5-6(2-3-13)4-14-9(12)7(5)8(10)11/h4,8H,2H2,1H3. The molecule has 0 aliphatic heterocycles. The molecule has 14 heavy (non-hydrogen) atoms. The normalized spacial score (nSPS) is 10.3. The van der Waals surface area contributed by atoms with Crippen molar-refractivity contribution in [3.05, 3.63) is 26.6 Å². The number of pyridine rings is 1. The Morgan fingerprint density at radius 3 is 2.79 bits per heavy atom. The monoisotopic (exact) mass is 308 g/mol. The van der Waals surface area contributed by atoms with Gasteiger partial charge in [-0.15, -0.1) is 0 Å². The van der Waals surface area contributed by atoms with Gasteiger partial charge < -0.3 is 0 Å². The van der Waals surface area contributed by atoms with Gasteiger partial charge >= 0.3 is 0 Å². The second kappa shape index (κ2) is 4.64. The van der Waals surface area contributed by atoms with Gasteiger partial charge in [-0.2, -0.15) is 5.26 Å². The third-order valence-electron chi connectivity index (χ3n) is 1.93. The van der Waals surface area contributed by atoms with E-state index < -0.39 is 6.43 Å². The Balaban J connectivity index is 3.28. The topological polar surface area (TPSA) is 36.7 Å². The molecular weight excluding hydrogens is 301 g/mol. The van der Waals surface area contributed by atoms with E-state index in [4.69, 9.17) is 5.26 Å². The molecule has 1 aromatic rings. The van der Waals surface area contributed by atoms with Crippen molar-refractivity contribution in [3.8, 4) is 6.07 Å². The molecule has 0 aromatic carbocycles. The van der Waals surface area contributed by atoms with E-state index in [-0.39, 0.29) is 12.0 Å². The highest BCUT2D eigenvalue weighted by Crippen LogP contribution is 2.28. The fraction of sp³-hybridized carbons (Fsp3) is 0.333. The van der Waals surface area contributed by atoms with Gasteiger partial charge in [-0.3, -0.25) is 0 Å². The van der Waals surface area contributed by atoms with E-state index in [1.807, 2.05) is 6.07 Å². The van der Waals surface area contributed by atoms with E-state index in [1.54, 1.807) is 29.5 Å². The highest BCUT2D eigenvalue weighted by molar-refractivity contribution is 14.1. The lowest BCUT2D eigenvalue weighted by atomic mass is 10.0. The number of nitrogens with zero attached hydrogens (tertiary/aromatic N) is 2. The third-order valence-corrected chi connectivity index (χ3v) is 2.79. The highest BCUT2D eigenvalue weighted by Gasteiger charge is 2.17. The Bertz CT molecular complexity index is 385. The summed E-state index contributed by atoms with van der Waals surface area (Å²) >= 11 is 1.77. The molecule has 74 valence electrons. The number of alkyl halides is 2. The minimum atomic E-state index is -2.53. The first-order valence-corrected chi connectivity index (χ1v) is 4.94. The maximum Gasteiger partial charge on any atom is 0.266 e. The Morgan fingerprint density at radius 2 is 2.29 bits per heavy atom. The van der Waals surface area contributed by atoms with Gasteiger partial charge in [0.25, 0.3) is 6.43 Å². The van der Waals surface area contributed by atoms with Gasteiger partial charge in [0.1, 0.15) is 3.70 Å². The lowest BCUT2D eigenvalue weighted by Gasteiger charge is -2.09. The summed E-state index contributed by atoms with van der Waals surface area (Å²) in [5, 5.41) is 8.48. The van der Waals surface area contributed by atoms with Gasteiger partial charge in [0.2, 0.25) is 0 Å². The molecule has 5 heteroatoms. The zero-order valence-corrected chi connectivity index (χ0v) is 9.55. The largest absolute Gasteiger partial charge is 0.266 e. The first-order chi connectivity index (χ1) is 6.57. The maximum absolute atomic E-state index is 12.6. The molecule has 0 aliphatic carbocycles. The van der Waals surface area contributed by atoms with Crippen LogP contribution < -0.4 is 0 Å². The van der Waals surface area contributed by atoms with Crippen LogP contribution in [0.5, 0.6) is 0 Å². The van der Waals surface area contributed by atoms with E-state index in [1.165, 1.54) is 6.20 Å². The fourth-order valence-electron chi connectivity index (χ4n) is 1.15. The van der Waals surface area contributed by atoms with Gasteiger partial charge in [-0.1, -0.05) is 0 Å². The number of hydrogen-bond donors (Lipinski definition) is 0. The SMILES string of the molecule is Cc1c(CC#N)cnc(I)c1C(F)F. The van der Waals surface area contributed by atoms with Crippen LogP contribution in [0.4, 0.5) is 8.78 Å². The van der Waals surface area contributed by atoms with Gasteiger partial charge in [0.15, 0.2) is 0 Å². The molecule has 0 saturated heterocycles. The van der Waals surface area contributed by atoms with E-state index in [0.29, 0.717) is 14.8 Å². The summed E-state index contributed by atoms with van der Waals surface area (Å²) in [6, 6.07) is 1.92. The molecule has 1 aromatic heterocycles. The Labute approximate surface area is 94.1 Å². The van der Waals surface area contributed by atoms with Crippen LogP contribution in [0.2, 0.25) is 0 Å². The molecule has 2 nitrogen and oxygen atoms in total. The smallest absolute Gasteiger partial charge is 0.249 e. The molecule has 0 bridgehead atoms. The van der Waals surface area contributed by atoms with Crippen LogP contribution in [0.3, 0.4) is 0 Å². The van der Waals surface area contributed by atoms with Crippen LogP contribution in [-0.2, 0) is 6.42 Å². The van der Waals surface area contributed by atoms with Crippen LogP contribution >= 0.6 is 22.6 Å². The zero-order chi connectivity index (χ0) is 10.7. The summed E-state index contributed by atoms with van der Waals surface area (Å²) < 4.78 is 25.5. The lowest BCUT2D eigenvalue weighted by molar-refractivity contribution is 0.149. The summed E-state index contributed by atoms with van der Waals surface area (Å²) in [4.78, 5) is 3.84. The number of hydrogen-bond acceptors (Lipinski definition) is 2. The number of rotatable bonds is 2. The first-order valence-electron chi connectivity index (χ1n) is 3.87. The molecule has 0 unspecified atom stereocenters. The maximum atomic E-state index is 12.6. The Morgan fingerprint density at radius 1 is 1.64 bits per heavy atom. The number of halogens is 3. The minimum Gasteiger partial charge on any atom is -0.249 e. The molecule has 0 saturated carbocycles. The van der Waals surface area contributed by atoms with Crippen molar-refractivity contribution >= 4 is 22.6 Å². The zero-order valence-electron chi connectivity index (χ0n) is 7.39. The van der Waals surface area contributed by atoms with E-state index in [0.717, 1.165) is 0 Å². The summed E-state index contributed by atoms with van der Waals surface area (Å²) in [6.45, 7) is 1.60. The van der Waals surface area contributed by atoms with E-state index in [2.05, 4.69) is 4.98 Å². The van der Waals surface area contributed by atoms with Crippen molar-refractivity contribution in [2.75, 3.05) is 0 Å². The molecule has 0 radical (unpaired) electrons. The highest BCUT2D eigenvalue weighted by atomic mass is 127. The van der Waals surface area contributed by atoms with Crippen molar-refractivity contribution in [1.29, 1.82) is 5.26 Å². The van der Waals surface area contributed by atoms with Crippen LogP contribution in [0.25, 0.3) is 0 Å². The van der Waals surface area contributed by atoms with Gasteiger partial charge in [0, 0.05) is 6.20 Å². The molecule has 0 fully saturated rings. The summed E-state index contributed by atoms with van der Waals surface area (Å²) in [5.41, 5.74) is 0.988. The first kappa shape index (κ1) is 11.3. The molecule has 0 spiro atoms. The van der Waals surface area contributed by atoms with Crippen molar-refractivity contribution in [1.82, 2.24) is 4.98 Å². The average Bonchev–Trinajstić information content (AvgIpc) is 2.10. The molecule has 0 aliphatic rings. The van der Waals surface area contributed by atoms with Crippen LogP contribution in [0.15, 0.2) is 6.20 Å². The van der Waals surface area contributed by atoms with Crippen molar-refractivity contribution in [2.45, 2.75) is 19.8 Å². The fourth-order valence-corrected chi connectivity index (χ4v) is 1.92. The summed E-state index contributed by atoms with van der Waals surface area (Å²) in [5.74, 6) is 0. The van der Waals surface area contributed by atoms with Gasteiger partial charge in [0.05, 0.1) is 18.1 Å². The second-order valence-corrected chi connectivity index (χ2v) is 3.77. The van der Waals surface area contributed by atoms with Crippen LogP contribution in [0, 0.1) is 22.0 Å². The second-order valence-electron chi connectivity index (χ2n) is 2.75. The van der Waals surface area contributed by atoms with E-state index in [9.17, 15) is 8.78 Å². The molecule has 1 heterocycles.